The summed E-state index contributed by atoms with van der Waals surface area (Å²) in [6, 6.07) is 8.06. The number of halogens is 1. The molecule has 5 rings (SSSR count). The van der Waals surface area contributed by atoms with Gasteiger partial charge in [-0.3, -0.25) is 4.79 Å². The Bertz CT molecular complexity index is 1280. The number of hydrogen-bond acceptors (Lipinski definition) is 6. The molecule has 1 saturated heterocycles. The molecule has 180 valence electrons. The van der Waals surface area contributed by atoms with Crippen molar-refractivity contribution in [2.24, 2.45) is 0 Å². The molecule has 0 radical (unpaired) electrons. The third-order valence-corrected chi connectivity index (χ3v) is 6.59. The van der Waals surface area contributed by atoms with Crippen molar-refractivity contribution < 1.29 is 21.6 Å². The van der Waals surface area contributed by atoms with E-state index in [1.54, 1.807) is 12.1 Å². The van der Waals surface area contributed by atoms with Crippen molar-refractivity contribution in [1.82, 2.24) is 10.5 Å². The molecule has 1 amide bonds. The van der Waals surface area contributed by atoms with Crippen LogP contribution in [0.3, 0.4) is 0 Å². The van der Waals surface area contributed by atoms with E-state index >= 15 is 0 Å². The van der Waals surface area contributed by atoms with E-state index < -0.39 is 18.0 Å². The highest BCUT2D eigenvalue weighted by Crippen LogP contribution is 2.37. The summed E-state index contributed by atoms with van der Waals surface area (Å²) in [5.74, 6) is -1.30. The fourth-order valence-electron chi connectivity index (χ4n) is 4.88. The van der Waals surface area contributed by atoms with Crippen LogP contribution in [0.1, 0.15) is 62.0 Å². The fourth-order valence-corrected chi connectivity index (χ4v) is 4.88. The number of aromatic nitrogens is 1. The predicted octanol–water partition coefficient (Wildman–Crippen LogP) is 5.18. The highest BCUT2D eigenvalue weighted by molar-refractivity contribution is 6.05. The second-order valence-electron chi connectivity index (χ2n) is 8.77. The lowest BCUT2D eigenvalue weighted by Gasteiger charge is -2.23. The van der Waals surface area contributed by atoms with Crippen LogP contribution in [0.4, 0.5) is 10.1 Å². The summed E-state index contributed by atoms with van der Waals surface area (Å²) in [6.07, 6.45) is 7.08. The molecular weight excluding hydrogens is 435 g/mol. The minimum Gasteiger partial charge on any atom is -0.398 e. The highest BCUT2D eigenvalue weighted by atomic mass is 19.1. The summed E-state index contributed by atoms with van der Waals surface area (Å²) in [7, 11) is 0. The number of amides is 1. The Balaban J connectivity index is 0.00000180. The molecule has 0 spiro atoms. The summed E-state index contributed by atoms with van der Waals surface area (Å²) in [5.41, 5.74) is 13.9. The lowest BCUT2D eigenvalue weighted by Crippen LogP contribution is -2.33. The van der Waals surface area contributed by atoms with Crippen LogP contribution in [-0.4, -0.2) is 30.0 Å². The normalized spacial score (nSPS) is 17.9. The summed E-state index contributed by atoms with van der Waals surface area (Å²) in [4.78, 5) is 23.0. The van der Waals surface area contributed by atoms with Crippen LogP contribution in [0, 0.1) is 11.2 Å². The quantitative estimate of drug-likeness (QED) is 0.273. The number of nitrogens with zero attached hydrogens (tertiary/aromatic N) is 1. The number of fused-ring (bicyclic) bond motifs is 3. The Morgan fingerprint density at radius 2 is 2.03 bits per heavy atom. The first-order chi connectivity index (χ1) is 16.6. The Labute approximate surface area is 199 Å². The molecule has 0 bridgehead atoms. The minimum absolute atomic E-state index is 0. The van der Waals surface area contributed by atoms with Crippen LogP contribution in [-0.2, 0) is 22.4 Å². The van der Waals surface area contributed by atoms with Crippen LogP contribution in [0.5, 0.6) is 0 Å². The van der Waals surface area contributed by atoms with Crippen molar-refractivity contribution in [3.63, 3.8) is 0 Å². The average molecular weight is 467 g/mol. The molecule has 1 fully saturated rings. The third kappa shape index (κ3) is 4.15. The van der Waals surface area contributed by atoms with E-state index in [-0.39, 0.29) is 8.42 Å². The van der Waals surface area contributed by atoms with Gasteiger partial charge in [0.15, 0.2) is 6.29 Å². The second kappa shape index (κ2) is 9.48. The van der Waals surface area contributed by atoms with Gasteiger partial charge in [-0.2, -0.15) is 0 Å². The number of carbonyl (C=O) groups is 1. The van der Waals surface area contributed by atoms with Gasteiger partial charge in [0.25, 0.3) is 5.91 Å². The topological polar surface area (TPSA) is 110 Å². The van der Waals surface area contributed by atoms with Gasteiger partial charge in [-0.1, -0.05) is 0 Å². The minimum atomic E-state index is -0.665. The van der Waals surface area contributed by atoms with Crippen molar-refractivity contribution in [2.45, 2.75) is 51.2 Å². The number of nitrogens with two attached hydrogens (primary N) is 1. The molecule has 1 unspecified atom stereocenters. The number of carbonyl (C=O) groups excluding carboxylic acids is 1. The molecule has 4 N–H and O–H groups in total. The van der Waals surface area contributed by atoms with Crippen molar-refractivity contribution >= 4 is 28.7 Å². The van der Waals surface area contributed by atoms with Gasteiger partial charge in [0.05, 0.1) is 16.8 Å². The Hall–Kier alpha value is -3.36. The molecule has 1 aliphatic carbocycles. The van der Waals surface area contributed by atoms with E-state index in [4.69, 9.17) is 25.7 Å². The van der Waals surface area contributed by atoms with E-state index in [2.05, 4.69) is 5.48 Å². The van der Waals surface area contributed by atoms with E-state index in [9.17, 15) is 9.18 Å². The number of pyridine rings is 1. The van der Waals surface area contributed by atoms with Gasteiger partial charge >= 0.3 is 0 Å². The average Bonchev–Trinajstić information content (AvgIpc) is 2.88. The Kier molecular flexibility index (Phi) is 6.26. The van der Waals surface area contributed by atoms with Crippen molar-refractivity contribution in [2.75, 3.05) is 12.3 Å². The van der Waals surface area contributed by atoms with Crippen LogP contribution in [0.15, 0.2) is 30.3 Å². The van der Waals surface area contributed by atoms with Crippen molar-refractivity contribution in [1.29, 1.82) is 5.41 Å². The van der Waals surface area contributed by atoms with Gasteiger partial charge < -0.3 is 15.9 Å². The number of nitrogen functional groups attached to an aromatic ring is 1. The number of hydrogen-bond donors (Lipinski definition) is 3. The maximum atomic E-state index is 14.6. The molecule has 1 aromatic heterocycles. The zero-order valence-electron chi connectivity index (χ0n) is 18.8. The van der Waals surface area contributed by atoms with Crippen LogP contribution in [0.2, 0.25) is 0 Å². The number of nitrogens with one attached hydrogen (secondary N) is 2. The molecule has 1 aliphatic heterocycles. The van der Waals surface area contributed by atoms with Gasteiger partial charge in [-0.15, -0.1) is 0 Å². The standard InChI is InChI=1S/C26H27FN4O3.2H2/c27-20-9-8-15(13-18(20)26(32)31-34-23-7-3-4-12-33-23)25-17-6-2-1-5-16(17)24-19(14-28)21(29)10-11-22(24)30-25;;/h8-11,13-14,23,28H,1-7,12,29H2,(H,31,32);2*1H. The molecule has 1 atom stereocenters. The molecule has 3 aromatic rings. The molecule has 7 nitrogen and oxygen atoms in total. The molecule has 2 heterocycles. The summed E-state index contributed by atoms with van der Waals surface area (Å²) in [6.45, 7) is 0.578. The number of ether oxygens (including phenoxy) is 1. The zero-order chi connectivity index (χ0) is 23.7. The summed E-state index contributed by atoms with van der Waals surface area (Å²) >= 11 is 0. The first-order valence-electron chi connectivity index (χ1n) is 11.7. The number of anilines is 1. The maximum Gasteiger partial charge on any atom is 0.277 e. The molecule has 2 aliphatic rings. The monoisotopic (exact) mass is 466 g/mol. The Morgan fingerprint density at radius 3 is 2.79 bits per heavy atom. The number of rotatable bonds is 5. The molecular formula is C26H31FN4O3. The van der Waals surface area contributed by atoms with Gasteiger partial charge in [-0.25, -0.2) is 19.7 Å². The fraction of sp³-hybridized carbons (Fsp3) is 0.346. The van der Waals surface area contributed by atoms with Gasteiger partial charge in [0.2, 0.25) is 0 Å². The molecule has 34 heavy (non-hydrogen) atoms. The maximum absolute atomic E-state index is 14.6. The second-order valence-corrected chi connectivity index (χ2v) is 8.77. The van der Waals surface area contributed by atoms with Crippen molar-refractivity contribution in [3.05, 3.63) is 58.4 Å². The van der Waals surface area contributed by atoms with Gasteiger partial charge in [0.1, 0.15) is 5.82 Å². The lowest BCUT2D eigenvalue weighted by molar-refractivity contribution is -0.186. The van der Waals surface area contributed by atoms with Crippen LogP contribution < -0.4 is 11.2 Å². The van der Waals surface area contributed by atoms with Crippen LogP contribution >= 0.6 is 0 Å². The van der Waals surface area contributed by atoms with Gasteiger partial charge in [-0.05, 0) is 80.0 Å². The van der Waals surface area contributed by atoms with Gasteiger partial charge in [0, 0.05) is 44.3 Å². The molecule has 0 saturated carbocycles. The van der Waals surface area contributed by atoms with E-state index in [0.29, 0.717) is 29.8 Å². The van der Waals surface area contributed by atoms with E-state index in [0.717, 1.165) is 66.2 Å². The zero-order valence-corrected chi connectivity index (χ0v) is 18.8. The number of benzene rings is 2. The third-order valence-electron chi connectivity index (χ3n) is 6.59. The number of aryl methyl sites for hydroxylation is 1. The Morgan fingerprint density at radius 1 is 1.21 bits per heavy atom. The van der Waals surface area contributed by atoms with Crippen molar-refractivity contribution in [3.8, 4) is 11.3 Å². The van der Waals surface area contributed by atoms with E-state index in [1.807, 2.05) is 6.07 Å². The predicted molar refractivity (Wildman–Crippen MR) is 132 cm³/mol. The lowest BCUT2D eigenvalue weighted by atomic mass is 9.84. The smallest absolute Gasteiger partial charge is 0.277 e. The molecule has 8 heteroatoms. The van der Waals surface area contributed by atoms with Crippen LogP contribution in [0.25, 0.3) is 22.2 Å². The first-order valence-corrected chi connectivity index (χ1v) is 11.7. The highest BCUT2D eigenvalue weighted by Gasteiger charge is 2.23. The first kappa shape index (κ1) is 22.4. The number of hydroxylamine groups is 1. The van der Waals surface area contributed by atoms with E-state index in [1.165, 1.54) is 18.3 Å². The summed E-state index contributed by atoms with van der Waals surface area (Å²) in [5, 5.41) is 8.79. The largest absolute Gasteiger partial charge is 0.398 e. The SMILES string of the molecule is N=Cc1c(N)ccc2nc(-c3ccc(F)c(C(=O)NOC4CCCCO4)c3)c3c(c12)CCCC3.[HH].[HH]. The summed E-state index contributed by atoms with van der Waals surface area (Å²) < 4.78 is 20.1. The molecule has 2 aromatic carbocycles.